The van der Waals surface area contributed by atoms with E-state index in [1.54, 1.807) is 36.5 Å². The first kappa shape index (κ1) is 15.0. The zero-order valence-electron chi connectivity index (χ0n) is 10.9. The van der Waals surface area contributed by atoms with Gasteiger partial charge < -0.3 is 15.7 Å². The zero-order valence-corrected chi connectivity index (χ0v) is 13.3. The number of carbonyl (C=O) groups is 1. The molecule has 1 atom stereocenters. The molecule has 2 rings (SSSR count). The predicted molar refractivity (Wildman–Crippen MR) is 85.0 cm³/mol. The van der Waals surface area contributed by atoms with Crippen molar-refractivity contribution in [1.82, 2.24) is 5.32 Å². The molecule has 1 heterocycles. The number of aliphatic hydroxyl groups excluding tert-OH is 1. The summed E-state index contributed by atoms with van der Waals surface area (Å²) in [5, 5.41) is 15.0. The van der Waals surface area contributed by atoms with E-state index in [9.17, 15) is 9.90 Å². The van der Waals surface area contributed by atoms with Crippen LogP contribution in [0.25, 0.3) is 0 Å². The Morgan fingerprint density at radius 2 is 2.20 bits per heavy atom. The van der Waals surface area contributed by atoms with Crippen molar-refractivity contribution in [3.63, 3.8) is 0 Å². The number of thiophene rings is 1. The first-order valence-corrected chi connectivity index (χ1v) is 7.72. The molecule has 0 radical (unpaired) electrons. The van der Waals surface area contributed by atoms with Gasteiger partial charge in [0.25, 0.3) is 0 Å². The second-order valence-corrected chi connectivity index (χ2v) is 6.86. The Morgan fingerprint density at radius 3 is 2.85 bits per heavy atom. The van der Waals surface area contributed by atoms with E-state index in [0.29, 0.717) is 12.2 Å². The molecular weight excluding hydrogens is 340 g/mol. The van der Waals surface area contributed by atoms with Crippen molar-refractivity contribution in [2.75, 3.05) is 5.32 Å². The van der Waals surface area contributed by atoms with Crippen molar-refractivity contribution < 1.29 is 9.90 Å². The molecule has 0 spiro atoms. The van der Waals surface area contributed by atoms with Crippen molar-refractivity contribution in [3.8, 4) is 0 Å². The van der Waals surface area contributed by atoms with E-state index in [-0.39, 0.29) is 6.03 Å². The summed E-state index contributed by atoms with van der Waals surface area (Å²) in [4.78, 5) is 12.9. The summed E-state index contributed by atoms with van der Waals surface area (Å²) in [6.07, 6.45) is -0.553. The second kappa shape index (κ2) is 6.88. The summed E-state index contributed by atoms with van der Waals surface area (Å²) >= 11 is 4.96. The minimum Gasteiger partial charge on any atom is -0.389 e. The highest BCUT2D eigenvalue weighted by atomic mass is 79.9. The number of halogens is 1. The quantitative estimate of drug-likeness (QED) is 0.779. The average molecular weight is 355 g/mol. The van der Waals surface area contributed by atoms with Gasteiger partial charge in [-0.25, -0.2) is 4.79 Å². The maximum Gasteiger partial charge on any atom is 0.319 e. The molecule has 0 aliphatic heterocycles. The number of hydrogen-bond donors (Lipinski definition) is 3. The maximum atomic E-state index is 11.8. The first-order chi connectivity index (χ1) is 9.54. The van der Waals surface area contributed by atoms with Crippen LogP contribution in [0.15, 0.2) is 40.2 Å². The lowest BCUT2D eigenvalue weighted by atomic mass is 10.1. The van der Waals surface area contributed by atoms with Crippen LogP contribution >= 0.6 is 27.3 Å². The molecule has 3 N–H and O–H groups in total. The largest absolute Gasteiger partial charge is 0.389 e. The van der Waals surface area contributed by atoms with Gasteiger partial charge >= 0.3 is 6.03 Å². The number of rotatable bonds is 4. The van der Waals surface area contributed by atoms with Gasteiger partial charge in [-0.3, -0.25) is 0 Å². The molecule has 106 valence electrons. The van der Waals surface area contributed by atoms with Gasteiger partial charge in [-0.05, 0) is 52.7 Å². The fourth-order valence-corrected chi connectivity index (χ4v) is 3.09. The third-order valence-electron chi connectivity index (χ3n) is 2.68. The van der Waals surface area contributed by atoms with Crippen molar-refractivity contribution in [3.05, 3.63) is 50.6 Å². The van der Waals surface area contributed by atoms with Gasteiger partial charge in [-0.1, -0.05) is 12.1 Å². The highest BCUT2D eigenvalue weighted by Crippen LogP contribution is 2.21. The average Bonchev–Trinajstić information content (AvgIpc) is 2.82. The SMILES string of the molecule is CC(O)c1cccc(NC(=O)NCc2ccc(Br)s2)c1. The van der Waals surface area contributed by atoms with Crippen LogP contribution in [0.3, 0.4) is 0 Å². The van der Waals surface area contributed by atoms with Gasteiger partial charge in [0, 0.05) is 10.6 Å². The first-order valence-electron chi connectivity index (χ1n) is 6.11. The minimum absolute atomic E-state index is 0.266. The molecule has 4 nitrogen and oxygen atoms in total. The van der Waals surface area contributed by atoms with Crippen LogP contribution < -0.4 is 10.6 Å². The van der Waals surface area contributed by atoms with Crippen LogP contribution in [0.2, 0.25) is 0 Å². The van der Waals surface area contributed by atoms with Crippen LogP contribution in [-0.2, 0) is 6.54 Å². The van der Waals surface area contributed by atoms with Crippen LogP contribution in [0.5, 0.6) is 0 Å². The zero-order chi connectivity index (χ0) is 14.5. The Bertz CT molecular complexity index is 598. The van der Waals surface area contributed by atoms with E-state index in [0.717, 1.165) is 14.2 Å². The number of aliphatic hydroxyl groups is 1. The number of nitrogens with one attached hydrogen (secondary N) is 2. The Balaban J connectivity index is 1.89. The molecule has 2 aromatic rings. The molecule has 0 saturated carbocycles. The maximum absolute atomic E-state index is 11.8. The molecule has 2 amide bonds. The number of amides is 2. The lowest BCUT2D eigenvalue weighted by molar-refractivity contribution is 0.199. The van der Waals surface area contributed by atoms with E-state index >= 15 is 0 Å². The van der Waals surface area contributed by atoms with E-state index in [1.165, 1.54) is 0 Å². The van der Waals surface area contributed by atoms with Gasteiger partial charge in [-0.2, -0.15) is 0 Å². The molecule has 1 aromatic heterocycles. The summed E-state index contributed by atoms with van der Waals surface area (Å²) in [6, 6.07) is 10.8. The van der Waals surface area contributed by atoms with Crippen LogP contribution in [0.4, 0.5) is 10.5 Å². The fourth-order valence-electron chi connectivity index (χ4n) is 1.67. The highest BCUT2D eigenvalue weighted by Gasteiger charge is 2.05. The van der Waals surface area contributed by atoms with E-state index in [1.807, 2.05) is 18.2 Å². The summed E-state index contributed by atoms with van der Waals surface area (Å²) in [5.41, 5.74) is 1.43. The molecular formula is C14H15BrN2O2S. The van der Waals surface area contributed by atoms with Gasteiger partial charge in [0.2, 0.25) is 0 Å². The van der Waals surface area contributed by atoms with Crippen molar-refractivity contribution in [2.45, 2.75) is 19.6 Å². The molecule has 0 fully saturated rings. The lowest BCUT2D eigenvalue weighted by Crippen LogP contribution is -2.27. The molecule has 1 aromatic carbocycles. The molecule has 0 saturated heterocycles. The van der Waals surface area contributed by atoms with Crippen molar-refractivity contribution in [1.29, 1.82) is 0 Å². The van der Waals surface area contributed by atoms with E-state index < -0.39 is 6.10 Å². The van der Waals surface area contributed by atoms with Gasteiger partial charge in [0.1, 0.15) is 0 Å². The summed E-state index contributed by atoms with van der Waals surface area (Å²) in [7, 11) is 0. The van der Waals surface area contributed by atoms with Crippen LogP contribution in [-0.4, -0.2) is 11.1 Å². The number of hydrogen-bond acceptors (Lipinski definition) is 3. The number of benzene rings is 1. The van der Waals surface area contributed by atoms with E-state index in [4.69, 9.17) is 0 Å². The predicted octanol–water partition coefficient (Wildman–Crippen LogP) is 3.89. The Kier molecular flexibility index (Phi) is 5.17. The molecule has 0 aliphatic carbocycles. The highest BCUT2D eigenvalue weighted by molar-refractivity contribution is 9.11. The van der Waals surface area contributed by atoms with Crippen molar-refractivity contribution >= 4 is 39.0 Å². The Hall–Kier alpha value is -1.37. The van der Waals surface area contributed by atoms with Gasteiger partial charge in [-0.15, -0.1) is 11.3 Å². The molecule has 0 aliphatic rings. The van der Waals surface area contributed by atoms with E-state index in [2.05, 4.69) is 26.6 Å². The Morgan fingerprint density at radius 1 is 1.40 bits per heavy atom. The minimum atomic E-state index is -0.553. The fraction of sp³-hybridized carbons (Fsp3) is 0.214. The third-order valence-corrected chi connectivity index (χ3v) is 4.30. The Labute approximate surface area is 130 Å². The lowest BCUT2D eigenvalue weighted by Gasteiger charge is -2.09. The second-order valence-electron chi connectivity index (χ2n) is 4.31. The number of carbonyl (C=O) groups excluding carboxylic acids is 1. The molecule has 20 heavy (non-hydrogen) atoms. The molecule has 1 unspecified atom stereocenters. The number of urea groups is 1. The van der Waals surface area contributed by atoms with Gasteiger partial charge in [0.15, 0.2) is 0 Å². The van der Waals surface area contributed by atoms with Crippen LogP contribution in [0.1, 0.15) is 23.5 Å². The third kappa shape index (κ3) is 4.33. The smallest absolute Gasteiger partial charge is 0.319 e. The summed E-state index contributed by atoms with van der Waals surface area (Å²) < 4.78 is 1.04. The topological polar surface area (TPSA) is 61.4 Å². The normalized spacial score (nSPS) is 11.9. The summed E-state index contributed by atoms with van der Waals surface area (Å²) in [5.74, 6) is 0. The molecule has 0 bridgehead atoms. The van der Waals surface area contributed by atoms with Gasteiger partial charge in [0.05, 0.1) is 16.4 Å². The van der Waals surface area contributed by atoms with Crippen LogP contribution in [0, 0.1) is 0 Å². The number of anilines is 1. The van der Waals surface area contributed by atoms with Crippen molar-refractivity contribution in [2.24, 2.45) is 0 Å². The molecule has 6 heteroatoms. The monoisotopic (exact) mass is 354 g/mol. The standard InChI is InChI=1S/C14H15BrN2O2S/c1-9(18)10-3-2-4-11(7-10)17-14(19)16-8-12-5-6-13(15)20-12/h2-7,9,18H,8H2,1H3,(H2,16,17,19). The summed E-state index contributed by atoms with van der Waals surface area (Å²) in [6.45, 7) is 2.17.